The predicted molar refractivity (Wildman–Crippen MR) is 93.1 cm³/mol. The number of nitrogens with zero attached hydrogens (tertiary/aromatic N) is 3. The van der Waals surface area contributed by atoms with Crippen LogP contribution in [0.2, 0.25) is 0 Å². The molecule has 6 heteroatoms. The minimum absolute atomic E-state index is 0.00841. The average molecular weight is 331 g/mol. The number of carbonyl (C=O) groups is 1. The topological polar surface area (TPSA) is 49.6 Å². The summed E-state index contributed by atoms with van der Waals surface area (Å²) in [5, 5.41) is 0. The van der Waals surface area contributed by atoms with Crippen LogP contribution in [0.15, 0.2) is 34.9 Å². The van der Waals surface area contributed by atoms with Crippen molar-refractivity contribution in [2.75, 3.05) is 37.0 Å². The molecule has 1 atom stereocenters. The lowest BCUT2D eigenvalue weighted by molar-refractivity contribution is 0.0681. The van der Waals surface area contributed by atoms with Crippen molar-refractivity contribution >= 4 is 23.5 Å². The van der Waals surface area contributed by atoms with Gasteiger partial charge in [0.15, 0.2) is 0 Å². The van der Waals surface area contributed by atoms with E-state index in [1.165, 1.54) is 0 Å². The Bertz CT molecular complexity index is 699. The van der Waals surface area contributed by atoms with E-state index in [9.17, 15) is 4.79 Å². The summed E-state index contributed by atoms with van der Waals surface area (Å²) in [6.07, 6.45) is 1.69. The summed E-state index contributed by atoms with van der Waals surface area (Å²) in [7, 11) is 3.84. The fourth-order valence-electron chi connectivity index (χ4n) is 2.68. The molecule has 1 saturated heterocycles. The van der Waals surface area contributed by atoms with Gasteiger partial charge in [0.1, 0.15) is 17.3 Å². The zero-order chi connectivity index (χ0) is 16.4. The first kappa shape index (κ1) is 15.9. The molecule has 0 saturated carbocycles. The summed E-state index contributed by atoms with van der Waals surface area (Å²) in [5.41, 5.74) is 0.670. The normalized spacial score (nSPS) is 18.0. The zero-order valence-corrected chi connectivity index (χ0v) is 14.5. The van der Waals surface area contributed by atoms with Gasteiger partial charge < -0.3 is 14.2 Å². The number of hydrogen-bond acceptors (Lipinski definition) is 5. The Balaban J connectivity index is 1.88. The number of pyridine rings is 1. The average Bonchev–Trinajstić information content (AvgIpc) is 3.00. The van der Waals surface area contributed by atoms with E-state index in [1.54, 1.807) is 12.3 Å². The monoisotopic (exact) mass is 331 g/mol. The Kier molecular flexibility index (Phi) is 4.61. The van der Waals surface area contributed by atoms with Gasteiger partial charge in [-0.3, -0.25) is 4.79 Å². The third-order valence-corrected chi connectivity index (χ3v) is 4.95. The van der Waals surface area contributed by atoms with E-state index in [-0.39, 0.29) is 11.9 Å². The highest BCUT2D eigenvalue weighted by Crippen LogP contribution is 2.32. The molecule has 2 aromatic heterocycles. The first-order valence-corrected chi connectivity index (χ1v) is 8.80. The van der Waals surface area contributed by atoms with Gasteiger partial charge in [0.2, 0.25) is 0 Å². The Morgan fingerprint density at radius 1 is 1.39 bits per heavy atom. The first-order chi connectivity index (χ1) is 11.1. The highest BCUT2D eigenvalue weighted by Gasteiger charge is 2.31. The molecule has 23 heavy (non-hydrogen) atoms. The lowest BCUT2D eigenvalue weighted by atomic mass is 10.1. The number of hydrogen-bond donors (Lipinski definition) is 0. The number of aryl methyl sites for hydroxylation is 1. The lowest BCUT2D eigenvalue weighted by Crippen LogP contribution is -2.40. The summed E-state index contributed by atoms with van der Waals surface area (Å²) >= 11 is 1.86. The Morgan fingerprint density at radius 2 is 2.22 bits per heavy atom. The molecule has 0 unspecified atom stereocenters. The number of amides is 1. The van der Waals surface area contributed by atoms with E-state index in [0.717, 1.165) is 35.4 Å². The summed E-state index contributed by atoms with van der Waals surface area (Å²) in [6, 6.07) is 7.54. The number of aromatic nitrogens is 1. The number of anilines is 1. The molecule has 0 radical (unpaired) electrons. The van der Waals surface area contributed by atoms with Crippen molar-refractivity contribution in [2.45, 2.75) is 13.0 Å². The molecule has 0 spiro atoms. The van der Waals surface area contributed by atoms with E-state index >= 15 is 0 Å². The minimum atomic E-state index is -0.00841. The van der Waals surface area contributed by atoms with Crippen molar-refractivity contribution in [1.82, 2.24) is 9.88 Å². The van der Waals surface area contributed by atoms with Crippen LogP contribution in [-0.4, -0.2) is 47.9 Å². The van der Waals surface area contributed by atoms with Crippen molar-refractivity contribution in [2.24, 2.45) is 0 Å². The van der Waals surface area contributed by atoms with E-state index in [1.807, 2.05) is 60.8 Å². The van der Waals surface area contributed by atoms with Crippen LogP contribution in [0.25, 0.3) is 0 Å². The molecule has 5 nitrogen and oxygen atoms in total. The molecular weight excluding hydrogens is 310 g/mol. The molecule has 0 aromatic carbocycles. The molecule has 1 amide bonds. The number of thioether (sulfide) groups is 1. The molecule has 3 heterocycles. The number of carbonyl (C=O) groups excluding carboxylic acids is 1. The largest absolute Gasteiger partial charge is 0.464 e. The molecule has 1 fully saturated rings. The fourth-order valence-corrected chi connectivity index (χ4v) is 3.74. The van der Waals surface area contributed by atoms with Gasteiger partial charge in [-0.1, -0.05) is 0 Å². The SMILES string of the molecule is Cc1ccc([C@H]2CSCCN2C(=O)c2ccnc(N(C)C)c2)o1. The molecule has 3 rings (SSSR count). The van der Waals surface area contributed by atoms with Gasteiger partial charge in [-0.2, -0.15) is 11.8 Å². The number of furan rings is 1. The minimum Gasteiger partial charge on any atom is -0.464 e. The van der Waals surface area contributed by atoms with Crippen LogP contribution in [0, 0.1) is 6.92 Å². The molecular formula is C17H21N3O2S. The van der Waals surface area contributed by atoms with Crippen molar-refractivity contribution < 1.29 is 9.21 Å². The maximum Gasteiger partial charge on any atom is 0.254 e. The third kappa shape index (κ3) is 3.37. The standard InChI is InChI=1S/C17H21N3O2S/c1-12-4-5-15(22-12)14-11-23-9-8-20(14)17(21)13-6-7-18-16(10-13)19(2)3/h4-7,10,14H,8-9,11H2,1-3H3/t14-/m1/s1. The Labute approximate surface area is 140 Å². The maximum absolute atomic E-state index is 13.0. The van der Waals surface area contributed by atoms with Crippen LogP contribution in [0.3, 0.4) is 0 Å². The molecule has 0 aliphatic carbocycles. The second-order valence-corrected chi connectivity index (χ2v) is 6.98. The smallest absolute Gasteiger partial charge is 0.254 e. The van der Waals surface area contributed by atoms with Crippen LogP contribution < -0.4 is 4.90 Å². The van der Waals surface area contributed by atoms with Gasteiger partial charge >= 0.3 is 0 Å². The Morgan fingerprint density at radius 3 is 2.91 bits per heavy atom. The summed E-state index contributed by atoms with van der Waals surface area (Å²) in [5.74, 6) is 4.38. The zero-order valence-electron chi connectivity index (χ0n) is 13.7. The first-order valence-electron chi connectivity index (χ1n) is 7.64. The van der Waals surface area contributed by atoms with Gasteiger partial charge in [0.05, 0.1) is 6.04 Å². The van der Waals surface area contributed by atoms with Gasteiger partial charge in [0, 0.05) is 43.9 Å². The third-order valence-electron chi connectivity index (χ3n) is 3.93. The van der Waals surface area contributed by atoms with Crippen molar-refractivity contribution in [1.29, 1.82) is 0 Å². The second kappa shape index (κ2) is 6.66. The molecule has 0 bridgehead atoms. The predicted octanol–water partition coefficient (Wildman–Crippen LogP) is 2.98. The van der Waals surface area contributed by atoms with E-state index in [4.69, 9.17) is 4.42 Å². The van der Waals surface area contributed by atoms with E-state index in [2.05, 4.69) is 4.98 Å². The quantitative estimate of drug-likeness (QED) is 0.865. The van der Waals surface area contributed by atoms with Crippen LogP contribution in [0.1, 0.15) is 27.9 Å². The van der Waals surface area contributed by atoms with Crippen LogP contribution >= 0.6 is 11.8 Å². The summed E-state index contributed by atoms with van der Waals surface area (Å²) < 4.78 is 5.77. The lowest BCUT2D eigenvalue weighted by Gasteiger charge is -2.34. The van der Waals surface area contributed by atoms with Crippen LogP contribution in [-0.2, 0) is 0 Å². The highest BCUT2D eigenvalue weighted by atomic mass is 32.2. The summed E-state index contributed by atoms with van der Waals surface area (Å²) in [6.45, 7) is 2.66. The van der Waals surface area contributed by atoms with Gasteiger partial charge in [-0.15, -0.1) is 0 Å². The highest BCUT2D eigenvalue weighted by molar-refractivity contribution is 7.99. The fraction of sp³-hybridized carbons (Fsp3) is 0.412. The summed E-state index contributed by atoms with van der Waals surface area (Å²) in [4.78, 5) is 21.1. The molecule has 1 aliphatic heterocycles. The van der Waals surface area contributed by atoms with Gasteiger partial charge in [-0.25, -0.2) is 4.98 Å². The molecule has 1 aliphatic rings. The molecule has 0 N–H and O–H groups in total. The molecule has 2 aromatic rings. The van der Waals surface area contributed by atoms with Crippen LogP contribution in [0.4, 0.5) is 5.82 Å². The molecule has 122 valence electrons. The van der Waals surface area contributed by atoms with Gasteiger partial charge in [0.25, 0.3) is 5.91 Å². The van der Waals surface area contributed by atoms with E-state index in [0.29, 0.717) is 5.56 Å². The maximum atomic E-state index is 13.0. The van der Waals surface area contributed by atoms with Crippen molar-refractivity contribution in [3.05, 3.63) is 47.5 Å². The number of rotatable bonds is 3. The van der Waals surface area contributed by atoms with Crippen LogP contribution in [0.5, 0.6) is 0 Å². The van der Waals surface area contributed by atoms with E-state index < -0.39 is 0 Å². The second-order valence-electron chi connectivity index (χ2n) is 5.83. The van der Waals surface area contributed by atoms with Crippen molar-refractivity contribution in [3.63, 3.8) is 0 Å². The van der Waals surface area contributed by atoms with Crippen molar-refractivity contribution in [3.8, 4) is 0 Å². The Hall–Kier alpha value is -1.95. The van der Waals surface area contributed by atoms with Gasteiger partial charge in [-0.05, 0) is 31.2 Å².